The molecule has 1 atom stereocenters. The van der Waals surface area contributed by atoms with Crippen molar-refractivity contribution in [1.29, 1.82) is 0 Å². The first kappa shape index (κ1) is 17.8. The van der Waals surface area contributed by atoms with Crippen molar-refractivity contribution in [3.63, 3.8) is 0 Å². The molecule has 1 rings (SSSR count). The van der Waals surface area contributed by atoms with E-state index in [1.165, 1.54) is 0 Å². The molecule has 0 aliphatic heterocycles. The SMILES string of the molecule is COc1ccc(OCCC(C)(CNC(C)C)C(C)C)cc1. The molecular weight excluding hydrogens is 262 g/mol. The zero-order valence-electron chi connectivity index (χ0n) is 14.4. The molecule has 0 amide bonds. The molecule has 1 aromatic rings. The van der Waals surface area contributed by atoms with Gasteiger partial charge < -0.3 is 14.8 Å². The van der Waals surface area contributed by atoms with Crippen LogP contribution < -0.4 is 14.8 Å². The van der Waals surface area contributed by atoms with Crippen molar-refractivity contribution in [2.45, 2.75) is 47.1 Å². The number of methoxy groups -OCH3 is 1. The highest BCUT2D eigenvalue weighted by atomic mass is 16.5. The molecule has 0 saturated heterocycles. The molecule has 0 saturated carbocycles. The third kappa shape index (κ3) is 5.96. The molecule has 1 N–H and O–H groups in total. The van der Waals surface area contributed by atoms with Gasteiger partial charge in [0.1, 0.15) is 11.5 Å². The zero-order chi connectivity index (χ0) is 15.9. The maximum absolute atomic E-state index is 5.87. The van der Waals surface area contributed by atoms with E-state index in [1.807, 2.05) is 24.3 Å². The summed E-state index contributed by atoms with van der Waals surface area (Å²) in [6.45, 7) is 13.0. The van der Waals surface area contributed by atoms with Crippen LogP contribution in [0.5, 0.6) is 11.5 Å². The predicted octanol–water partition coefficient (Wildman–Crippen LogP) is 4.12. The molecule has 0 spiro atoms. The molecule has 21 heavy (non-hydrogen) atoms. The third-order valence-electron chi connectivity index (χ3n) is 4.31. The number of benzene rings is 1. The van der Waals surface area contributed by atoms with Gasteiger partial charge in [0, 0.05) is 12.6 Å². The van der Waals surface area contributed by atoms with Crippen LogP contribution in [0, 0.1) is 11.3 Å². The minimum absolute atomic E-state index is 0.247. The van der Waals surface area contributed by atoms with Crippen LogP contribution in [0.15, 0.2) is 24.3 Å². The van der Waals surface area contributed by atoms with Gasteiger partial charge in [-0.2, -0.15) is 0 Å². The molecule has 0 aromatic heterocycles. The maximum Gasteiger partial charge on any atom is 0.119 e. The molecule has 0 aliphatic carbocycles. The lowest BCUT2D eigenvalue weighted by atomic mass is 9.76. The first-order chi connectivity index (χ1) is 9.87. The minimum Gasteiger partial charge on any atom is -0.497 e. The third-order valence-corrected chi connectivity index (χ3v) is 4.31. The van der Waals surface area contributed by atoms with Crippen LogP contribution >= 0.6 is 0 Å². The summed E-state index contributed by atoms with van der Waals surface area (Å²) in [6, 6.07) is 8.29. The van der Waals surface area contributed by atoms with E-state index in [9.17, 15) is 0 Å². The summed E-state index contributed by atoms with van der Waals surface area (Å²) < 4.78 is 11.0. The van der Waals surface area contributed by atoms with E-state index in [2.05, 4.69) is 39.9 Å². The quantitative estimate of drug-likeness (QED) is 0.743. The van der Waals surface area contributed by atoms with Crippen LogP contribution in [-0.4, -0.2) is 26.3 Å². The van der Waals surface area contributed by atoms with Crippen molar-refractivity contribution in [3.05, 3.63) is 24.3 Å². The number of rotatable bonds is 9. The average molecular weight is 293 g/mol. The molecule has 3 heteroatoms. The Morgan fingerprint density at radius 3 is 2.10 bits per heavy atom. The zero-order valence-corrected chi connectivity index (χ0v) is 14.4. The van der Waals surface area contributed by atoms with E-state index in [0.29, 0.717) is 12.0 Å². The molecule has 0 fully saturated rings. The Balaban J connectivity index is 2.48. The molecule has 0 bridgehead atoms. The van der Waals surface area contributed by atoms with Crippen LogP contribution in [0.1, 0.15) is 41.0 Å². The van der Waals surface area contributed by atoms with Crippen molar-refractivity contribution in [1.82, 2.24) is 5.32 Å². The van der Waals surface area contributed by atoms with Gasteiger partial charge in [0.25, 0.3) is 0 Å². The van der Waals surface area contributed by atoms with E-state index < -0.39 is 0 Å². The van der Waals surface area contributed by atoms with E-state index in [-0.39, 0.29) is 5.41 Å². The lowest BCUT2D eigenvalue weighted by molar-refractivity contribution is 0.147. The monoisotopic (exact) mass is 293 g/mol. The number of hydrogen-bond donors (Lipinski definition) is 1. The minimum atomic E-state index is 0.247. The van der Waals surface area contributed by atoms with Gasteiger partial charge in [-0.3, -0.25) is 0 Å². The fourth-order valence-electron chi connectivity index (χ4n) is 2.09. The fourth-order valence-corrected chi connectivity index (χ4v) is 2.09. The van der Waals surface area contributed by atoms with Gasteiger partial charge >= 0.3 is 0 Å². The van der Waals surface area contributed by atoms with E-state index in [0.717, 1.165) is 31.1 Å². The van der Waals surface area contributed by atoms with Gasteiger partial charge in [0.2, 0.25) is 0 Å². The average Bonchev–Trinajstić information content (AvgIpc) is 2.45. The Morgan fingerprint density at radius 2 is 1.62 bits per heavy atom. The maximum atomic E-state index is 5.87. The lowest BCUT2D eigenvalue weighted by Gasteiger charge is -2.35. The number of ether oxygens (including phenoxy) is 2. The van der Waals surface area contributed by atoms with Crippen molar-refractivity contribution in [3.8, 4) is 11.5 Å². The van der Waals surface area contributed by atoms with Gasteiger partial charge in [-0.25, -0.2) is 0 Å². The lowest BCUT2D eigenvalue weighted by Crippen LogP contribution is -2.40. The standard InChI is InChI=1S/C18H31NO2/c1-14(2)18(5,13-19-15(3)4)11-12-21-17-9-7-16(20-6)8-10-17/h7-10,14-15,19H,11-13H2,1-6H3. The Hall–Kier alpha value is -1.22. The van der Waals surface area contributed by atoms with Crippen LogP contribution in [0.4, 0.5) is 0 Å². The van der Waals surface area contributed by atoms with Gasteiger partial charge in [0.15, 0.2) is 0 Å². The van der Waals surface area contributed by atoms with E-state index in [4.69, 9.17) is 9.47 Å². The van der Waals surface area contributed by atoms with Crippen molar-refractivity contribution in [2.24, 2.45) is 11.3 Å². The van der Waals surface area contributed by atoms with Crippen molar-refractivity contribution < 1.29 is 9.47 Å². The van der Waals surface area contributed by atoms with Gasteiger partial charge in [-0.05, 0) is 42.0 Å². The second-order valence-electron chi connectivity index (χ2n) is 6.62. The molecule has 120 valence electrons. The summed E-state index contributed by atoms with van der Waals surface area (Å²) >= 11 is 0. The van der Waals surface area contributed by atoms with Gasteiger partial charge in [-0.15, -0.1) is 0 Å². The largest absolute Gasteiger partial charge is 0.497 e. The smallest absolute Gasteiger partial charge is 0.119 e. The predicted molar refractivity (Wildman–Crippen MR) is 89.2 cm³/mol. The molecule has 1 aromatic carbocycles. The summed E-state index contributed by atoms with van der Waals surface area (Å²) in [7, 11) is 1.67. The second kappa shape index (κ2) is 8.28. The molecule has 1 unspecified atom stereocenters. The summed E-state index contributed by atoms with van der Waals surface area (Å²) in [5.74, 6) is 2.37. The highest BCUT2D eigenvalue weighted by molar-refractivity contribution is 5.31. The Bertz CT molecular complexity index is 400. The van der Waals surface area contributed by atoms with Gasteiger partial charge in [-0.1, -0.05) is 34.6 Å². The Morgan fingerprint density at radius 1 is 1.05 bits per heavy atom. The van der Waals surface area contributed by atoms with Crippen LogP contribution in [0.3, 0.4) is 0 Å². The summed E-state index contributed by atoms with van der Waals surface area (Å²) in [5, 5.41) is 3.56. The first-order valence-electron chi connectivity index (χ1n) is 7.87. The molecule has 3 nitrogen and oxygen atoms in total. The van der Waals surface area contributed by atoms with Crippen molar-refractivity contribution >= 4 is 0 Å². The molecule has 0 radical (unpaired) electrons. The summed E-state index contributed by atoms with van der Waals surface area (Å²) in [6.07, 6.45) is 1.04. The highest BCUT2D eigenvalue weighted by Crippen LogP contribution is 2.30. The normalized spacial score (nSPS) is 14.3. The van der Waals surface area contributed by atoms with Crippen molar-refractivity contribution in [2.75, 3.05) is 20.3 Å². The number of nitrogens with one attached hydrogen (secondary N) is 1. The summed E-state index contributed by atoms with van der Waals surface area (Å²) in [5.41, 5.74) is 0.247. The van der Waals surface area contributed by atoms with Crippen LogP contribution in [0.2, 0.25) is 0 Å². The summed E-state index contributed by atoms with van der Waals surface area (Å²) in [4.78, 5) is 0. The second-order valence-corrected chi connectivity index (χ2v) is 6.62. The van der Waals surface area contributed by atoms with Crippen LogP contribution in [0.25, 0.3) is 0 Å². The Kier molecular flexibility index (Phi) is 7.03. The van der Waals surface area contributed by atoms with Gasteiger partial charge in [0.05, 0.1) is 13.7 Å². The van der Waals surface area contributed by atoms with E-state index in [1.54, 1.807) is 7.11 Å². The van der Waals surface area contributed by atoms with Crippen LogP contribution in [-0.2, 0) is 0 Å². The van der Waals surface area contributed by atoms with E-state index >= 15 is 0 Å². The number of hydrogen-bond acceptors (Lipinski definition) is 3. The molecule has 0 aliphatic rings. The highest BCUT2D eigenvalue weighted by Gasteiger charge is 2.28. The first-order valence-corrected chi connectivity index (χ1v) is 7.87. The molecular formula is C18H31NO2. The fraction of sp³-hybridized carbons (Fsp3) is 0.667. The topological polar surface area (TPSA) is 30.5 Å². The Labute approximate surface area is 130 Å². The molecule has 0 heterocycles.